The van der Waals surface area contributed by atoms with Gasteiger partial charge in [-0.05, 0) is 44.2 Å². The number of aryl methyl sites for hydroxylation is 3. The summed E-state index contributed by atoms with van der Waals surface area (Å²) in [6.07, 6.45) is 9.65. The zero-order valence-electron chi connectivity index (χ0n) is 14.0. The number of guanidine groups is 1. The molecular formula is C18H25N5S. The van der Waals surface area contributed by atoms with Gasteiger partial charge in [-0.15, -0.1) is 11.3 Å². The lowest BCUT2D eigenvalue weighted by Crippen LogP contribution is -2.33. The van der Waals surface area contributed by atoms with Crippen LogP contribution in [0.15, 0.2) is 29.4 Å². The number of nitrogens with two attached hydrogens (primary N) is 1. The van der Waals surface area contributed by atoms with Gasteiger partial charge < -0.3 is 11.1 Å². The number of thiazole rings is 1. The molecule has 5 nitrogen and oxygen atoms in total. The van der Waals surface area contributed by atoms with E-state index in [1.165, 1.54) is 34.8 Å². The maximum Gasteiger partial charge on any atom is 0.188 e. The number of aliphatic imine (C=N–C) groups is 1. The van der Waals surface area contributed by atoms with Crippen LogP contribution in [0.4, 0.5) is 0 Å². The first-order chi connectivity index (χ1) is 11.8. The Morgan fingerprint density at radius 2 is 2.17 bits per heavy atom. The Balaban J connectivity index is 1.34. The molecule has 0 bridgehead atoms. The highest BCUT2D eigenvalue weighted by Crippen LogP contribution is 2.27. The average molecular weight is 344 g/mol. The molecule has 0 aromatic carbocycles. The first-order valence-corrected chi connectivity index (χ1v) is 9.54. The minimum absolute atomic E-state index is 0.518. The summed E-state index contributed by atoms with van der Waals surface area (Å²) >= 11 is 1.89. The minimum atomic E-state index is 0.518. The summed E-state index contributed by atoms with van der Waals surface area (Å²) in [6, 6.07) is 5.94. The lowest BCUT2D eigenvalue weighted by molar-refractivity contribution is 0.679. The molecule has 0 fully saturated rings. The van der Waals surface area contributed by atoms with Crippen LogP contribution in [0.5, 0.6) is 0 Å². The third kappa shape index (κ3) is 5.03. The molecule has 0 aliphatic heterocycles. The van der Waals surface area contributed by atoms with E-state index in [9.17, 15) is 0 Å². The van der Waals surface area contributed by atoms with E-state index < -0.39 is 0 Å². The highest BCUT2D eigenvalue weighted by atomic mass is 32.1. The quantitative estimate of drug-likeness (QED) is 0.460. The van der Waals surface area contributed by atoms with E-state index in [0.29, 0.717) is 5.96 Å². The van der Waals surface area contributed by atoms with Gasteiger partial charge in [0.15, 0.2) is 5.96 Å². The molecule has 128 valence electrons. The Morgan fingerprint density at radius 3 is 3.00 bits per heavy atom. The second kappa shape index (κ2) is 8.78. The topological polar surface area (TPSA) is 76.2 Å². The van der Waals surface area contributed by atoms with E-state index in [2.05, 4.69) is 15.3 Å². The second-order valence-electron chi connectivity index (χ2n) is 6.05. The maximum atomic E-state index is 5.90. The zero-order valence-corrected chi connectivity index (χ0v) is 14.8. The molecule has 6 heteroatoms. The summed E-state index contributed by atoms with van der Waals surface area (Å²) in [5.74, 6) is 0.518. The second-order valence-corrected chi connectivity index (χ2v) is 7.22. The van der Waals surface area contributed by atoms with Gasteiger partial charge in [0.2, 0.25) is 0 Å². The van der Waals surface area contributed by atoms with Crippen molar-refractivity contribution in [2.45, 2.75) is 44.9 Å². The maximum absolute atomic E-state index is 5.90. The largest absolute Gasteiger partial charge is 0.370 e. The predicted molar refractivity (Wildman–Crippen MR) is 99.5 cm³/mol. The predicted octanol–water partition coefficient (Wildman–Crippen LogP) is 2.50. The van der Waals surface area contributed by atoms with Gasteiger partial charge in [0.25, 0.3) is 0 Å². The highest BCUT2D eigenvalue weighted by Gasteiger charge is 2.14. The molecule has 1 aliphatic carbocycles. The Morgan fingerprint density at radius 1 is 1.25 bits per heavy atom. The van der Waals surface area contributed by atoms with E-state index in [0.717, 1.165) is 44.5 Å². The molecule has 3 rings (SSSR count). The van der Waals surface area contributed by atoms with Crippen LogP contribution >= 0.6 is 11.3 Å². The molecule has 0 radical (unpaired) electrons. The van der Waals surface area contributed by atoms with E-state index in [4.69, 9.17) is 10.7 Å². The fraction of sp³-hybridized carbons (Fsp3) is 0.500. The third-order valence-corrected chi connectivity index (χ3v) is 5.35. The first kappa shape index (κ1) is 16.9. The summed E-state index contributed by atoms with van der Waals surface area (Å²) < 4.78 is 0. The Labute approximate surface area is 147 Å². The van der Waals surface area contributed by atoms with E-state index >= 15 is 0 Å². The number of nitrogens with one attached hydrogen (secondary N) is 1. The molecule has 0 spiro atoms. The van der Waals surface area contributed by atoms with Crippen LogP contribution in [-0.2, 0) is 25.7 Å². The lowest BCUT2D eigenvalue weighted by Gasteiger charge is -2.06. The van der Waals surface area contributed by atoms with Gasteiger partial charge in [0, 0.05) is 42.7 Å². The van der Waals surface area contributed by atoms with Crippen LogP contribution in [0, 0.1) is 0 Å². The smallest absolute Gasteiger partial charge is 0.188 e. The zero-order chi connectivity index (χ0) is 16.6. The summed E-state index contributed by atoms with van der Waals surface area (Å²) in [7, 11) is 0. The van der Waals surface area contributed by atoms with Gasteiger partial charge >= 0.3 is 0 Å². The van der Waals surface area contributed by atoms with Crippen LogP contribution in [0.2, 0.25) is 0 Å². The van der Waals surface area contributed by atoms with Crippen molar-refractivity contribution in [1.82, 2.24) is 15.3 Å². The van der Waals surface area contributed by atoms with Crippen molar-refractivity contribution in [3.63, 3.8) is 0 Å². The molecule has 0 amide bonds. The van der Waals surface area contributed by atoms with Crippen LogP contribution < -0.4 is 11.1 Å². The van der Waals surface area contributed by atoms with Crippen LogP contribution in [0.1, 0.15) is 40.5 Å². The van der Waals surface area contributed by atoms with Crippen molar-refractivity contribution in [1.29, 1.82) is 0 Å². The SMILES string of the molecule is NC(=NCCCc1nc2c(s1)CCCC2)NCCc1ccccn1. The molecule has 0 unspecified atom stereocenters. The summed E-state index contributed by atoms with van der Waals surface area (Å²) in [6.45, 7) is 1.50. The van der Waals surface area contributed by atoms with Crippen molar-refractivity contribution in [2.24, 2.45) is 10.7 Å². The average Bonchev–Trinajstić information content (AvgIpc) is 3.02. The number of hydrogen-bond acceptors (Lipinski definition) is 4. The Kier molecular flexibility index (Phi) is 6.18. The van der Waals surface area contributed by atoms with Crippen molar-refractivity contribution in [3.8, 4) is 0 Å². The van der Waals surface area contributed by atoms with Gasteiger partial charge in [-0.1, -0.05) is 6.07 Å². The fourth-order valence-corrected chi connectivity index (χ4v) is 4.06. The number of rotatable bonds is 7. The van der Waals surface area contributed by atoms with E-state index in [-0.39, 0.29) is 0 Å². The van der Waals surface area contributed by atoms with Crippen molar-refractivity contribution >= 4 is 17.3 Å². The fourth-order valence-electron chi connectivity index (χ4n) is 2.86. The Hall–Kier alpha value is -1.95. The monoisotopic (exact) mass is 343 g/mol. The molecule has 24 heavy (non-hydrogen) atoms. The molecule has 3 N–H and O–H groups in total. The van der Waals surface area contributed by atoms with Crippen LogP contribution in [-0.4, -0.2) is 29.0 Å². The highest BCUT2D eigenvalue weighted by molar-refractivity contribution is 7.11. The molecule has 2 heterocycles. The molecule has 1 aliphatic rings. The van der Waals surface area contributed by atoms with E-state index in [1.807, 2.05) is 35.7 Å². The first-order valence-electron chi connectivity index (χ1n) is 8.72. The van der Waals surface area contributed by atoms with E-state index in [1.54, 1.807) is 0 Å². The summed E-state index contributed by atoms with van der Waals surface area (Å²) in [4.78, 5) is 15.0. The number of nitrogens with zero attached hydrogens (tertiary/aromatic N) is 3. The molecule has 2 aromatic heterocycles. The molecular weight excluding hydrogens is 318 g/mol. The van der Waals surface area contributed by atoms with Crippen LogP contribution in [0.3, 0.4) is 0 Å². The van der Waals surface area contributed by atoms with Gasteiger partial charge in [-0.25, -0.2) is 4.98 Å². The number of hydrogen-bond donors (Lipinski definition) is 2. The number of aromatic nitrogens is 2. The summed E-state index contributed by atoms with van der Waals surface area (Å²) in [5.41, 5.74) is 8.31. The van der Waals surface area contributed by atoms with Crippen molar-refractivity contribution < 1.29 is 0 Å². The van der Waals surface area contributed by atoms with Crippen molar-refractivity contribution in [2.75, 3.05) is 13.1 Å². The Bertz CT molecular complexity index is 642. The normalized spacial score (nSPS) is 14.4. The molecule has 0 saturated carbocycles. The molecule has 0 saturated heterocycles. The van der Waals surface area contributed by atoms with Crippen molar-refractivity contribution in [3.05, 3.63) is 45.7 Å². The standard InChI is InChI=1S/C18H25N5S/c19-18(22-13-10-14-6-3-4-11-20-14)21-12-5-9-17-23-15-7-1-2-8-16(15)24-17/h3-4,6,11H,1-2,5,7-10,12-13H2,(H3,19,21,22). The van der Waals surface area contributed by atoms with Gasteiger partial charge in [0.1, 0.15) is 0 Å². The lowest BCUT2D eigenvalue weighted by atomic mass is 10.0. The number of pyridine rings is 1. The molecule has 0 atom stereocenters. The third-order valence-electron chi connectivity index (χ3n) is 4.13. The molecule has 2 aromatic rings. The minimum Gasteiger partial charge on any atom is -0.370 e. The number of fused-ring (bicyclic) bond motifs is 1. The van der Waals surface area contributed by atoms with Gasteiger partial charge in [-0.3, -0.25) is 9.98 Å². The van der Waals surface area contributed by atoms with Gasteiger partial charge in [0.05, 0.1) is 10.7 Å². The summed E-state index contributed by atoms with van der Waals surface area (Å²) in [5, 5.41) is 4.41. The van der Waals surface area contributed by atoms with Crippen LogP contribution in [0.25, 0.3) is 0 Å². The van der Waals surface area contributed by atoms with Gasteiger partial charge in [-0.2, -0.15) is 0 Å².